The first kappa shape index (κ1) is 17.2. The fourth-order valence-electron chi connectivity index (χ4n) is 3.40. The van der Waals surface area contributed by atoms with E-state index in [4.69, 9.17) is 0 Å². The van der Waals surface area contributed by atoms with Crippen molar-refractivity contribution < 1.29 is 4.79 Å². The second-order valence-electron chi connectivity index (χ2n) is 6.68. The minimum atomic E-state index is -0.387. The van der Waals surface area contributed by atoms with Crippen molar-refractivity contribution in [3.05, 3.63) is 89.9 Å². The van der Waals surface area contributed by atoms with E-state index >= 15 is 0 Å². The summed E-state index contributed by atoms with van der Waals surface area (Å²) in [7, 11) is 1.91. The number of rotatable bonds is 7. The lowest BCUT2D eigenvalue weighted by molar-refractivity contribution is 0.0945. The molecule has 2 heterocycles. The number of H-pyrrole nitrogens is 1. The van der Waals surface area contributed by atoms with E-state index in [9.17, 15) is 4.79 Å². The van der Waals surface area contributed by atoms with Gasteiger partial charge in [0, 0.05) is 42.5 Å². The number of carbonyl (C=O) groups excluding carboxylic acids is 1. The zero-order valence-electron chi connectivity index (χ0n) is 15.2. The molecular weight excluding hydrogens is 336 g/mol. The van der Waals surface area contributed by atoms with Gasteiger partial charge in [-0.05, 0) is 23.6 Å². The molecule has 0 unspecified atom stereocenters. The molecule has 136 valence electrons. The van der Waals surface area contributed by atoms with E-state index in [-0.39, 0.29) is 11.8 Å². The van der Waals surface area contributed by atoms with Gasteiger partial charge in [-0.1, -0.05) is 48.5 Å². The summed E-state index contributed by atoms with van der Waals surface area (Å²) in [6, 6.07) is 17.4. The van der Waals surface area contributed by atoms with E-state index in [0.717, 1.165) is 28.5 Å². The van der Waals surface area contributed by atoms with Crippen LogP contribution in [0.25, 0.3) is 10.9 Å². The Morgan fingerprint density at radius 2 is 1.93 bits per heavy atom. The smallest absolute Gasteiger partial charge is 0.186 e. The Balaban J connectivity index is 1.58. The Hall–Kier alpha value is -3.18. The van der Waals surface area contributed by atoms with Gasteiger partial charge in [-0.2, -0.15) is 5.10 Å². The van der Waals surface area contributed by atoms with Crippen LogP contribution in [-0.2, 0) is 13.5 Å². The molecule has 5 nitrogen and oxygen atoms in total. The van der Waals surface area contributed by atoms with Crippen molar-refractivity contribution in [2.24, 2.45) is 7.05 Å². The first-order valence-electron chi connectivity index (χ1n) is 9.08. The lowest BCUT2D eigenvalue weighted by Crippen LogP contribution is -2.30. The van der Waals surface area contributed by atoms with Crippen molar-refractivity contribution in [1.29, 1.82) is 0 Å². The van der Waals surface area contributed by atoms with Gasteiger partial charge in [0.1, 0.15) is 0 Å². The predicted octanol–water partition coefficient (Wildman–Crippen LogP) is 3.66. The van der Waals surface area contributed by atoms with Gasteiger partial charge in [0.2, 0.25) is 0 Å². The second-order valence-corrected chi connectivity index (χ2v) is 6.68. The Kier molecular flexibility index (Phi) is 4.85. The van der Waals surface area contributed by atoms with Crippen molar-refractivity contribution in [3.8, 4) is 0 Å². The van der Waals surface area contributed by atoms with Crippen molar-refractivity contribution >= 4 is 16.7 Å². The molecule has 1 atom stereocenters. The van der Waals surface area contributed by atoms with Crippen LogP contribution >= 0.6 is 0 Å². The average Bonchev–Trinajstić information content (AvgIpc) is 3.31. The standard InChI is InChI=1S/C22H22N4O/c1-26-15-16(13-25-26)11-12-23-21(17-7-3-2-4-8-17)22(27)19-14-24-20-10-6-5-9-18(19)20/h2-10,13-15,21,23-24H,11-12H2,1H3/t21-/m1/s1. The number of ketones is 1. The molecule has 2 aromatic carbocycles. The maximum Gasteiger partial charge on any atom is 0.186 e. The minimum absolute atomic E-state index is 0.0739. The SMILES string of the molecule is Cn1cc(CCN[C@@H](C(=O)c2c[nH]c3ccccc23)c2ccccc2)cn1. The number of Topliss-reactive ketones (excluding diaryl/α,β-unsaturated/α-hetero) is 1. The predicted molar refractivity (Wildman–Crippen MR) is 107 cm³/mol. The fourth-order valence-corrected chi connectivity index (χ4v) is 3.40. The molecule has 0 bridgehead atoms. The van der Waals surface area contributed by atoms with Crippen LogP contribution in [0, 0.1) is 0 Å². The van der Waals surface area contributed by atoms with E-state index in [1.54, 1.807) is 4.68 Å². The molecule has 0 radical (unpaired) electrons. The van der Waals surface area contributed by atoms with Gasteiger partial charge in [0.25, 0.3) is 0 Å². The molecule has 0 saturated carbocycles. The van der Waals surface area contributed by atoms with E-state index < -0.39 is 0 Å². The normalized spacial score (nSPS) is 12.3. The Bertz CT molecular complexity index is 1050. The quantitative estimate of drug-likeness (QED) is 0.496. The molecule has 0 aliphatic rings. The highest BCUT2D eigenvalue weighted by molar-refractivity contribution is 6.10. The van der Waals surface area contributed by atoms with E-state index in [0.29, 0.717) is 12.1 Å². The number of aromatic nitrogens is 3. The lowest BCUT2D eigenvalue weighted by atomic mass is 9.97. The summed E-state index contributed by atoms with van der Waals surface area (Å²) < 4.78 is 1.79. The van der Waals surface area contributed by atoms with Crippen molar-refractivity contribution in [1.82, 2.24) is 20.1 Å². The number of aryl methyl sites for hydroxylation is 1. The van der Waals surface area contributed by atoms with Gasteiger partial charge in [-0.25, -0.2) is 0 Å². The Morgan fingerprint density at radius 3 is 2.70 bits per heavy atom. The van der Waals surface area contributed by atoms with Crippen molar-refractivity contribution in [2.75, 3.05) is 6.54 Å². The minimum Gasteiger partial charge on any atom is -0.360 e. The van der Waals surface area contributed by atoms with Crippen LogP contribution in [0.5, 0.6) is 0 Å². The number of fused-ring (bicyclic) bond motifs is 1. The summed E-state index contributed by atoms with van der Waals surface area (Å²) in [5.41, 5.74) is 3.81. The number of nitrogens with zero attached hydrogens (tertiary/aromatic N) is 2. The molecule has 2 N–H and O–H groups in total. The molecule has 0 fully saturated rings. The number of aromatic amines is 1. The Morgan fingerprint density at radius 1 is 1.15 bits per heavy atom. The molecule has 0 aliphatic heterocycles. The summed E-state index contributed by atoms with van der Waals surface area (Å²) in [5.74, 6) is 0.0739. The molecule has 27 heavy (non-hydrogen) atoms. The number of nitrogens with one attached hydrogen (secondary N) is 2. The van der Waals surface area contributed by atoms with Gasteiger partial charge in [0.15, 0.2) is 5.78 Å². The summed E-state index contributed by atoms with van der Waals surface area (Å²) in [4.78, 5) is 16.6. The first-order valence-corrected chi connectivity index (χ1v) is 9.08. The van der Waals surface area contributed by atoms with Crippen LogP contribution in [0.4, 0.5) is 0 Å². The molecule has 0 spiro atoms. The highest BCUT2D eigenvalue weighted by Gasteiger charge is 2.23. The van der Waals surface area contributed by atoms with Crippen molar-refractivity contribution in [2.45, 2.75) is 12.5 Å². The highest BCUT2D eigenvalue weighted by atomic mass is 16.1. The highest BCUT2D eigenvalue weighted by Crippen LogP contribution is 2.24. The van der Waals surface area contributed by atoms with Gasteiger partial charge in [0.05, 0.1) is 12.2 Å². The van der Waals surface area contributed by atoms with Crippen LogP contribution < -0.4 is 5.32 Å². The van der Waals surface area contributed by atoms with Crippen LogP contribution in [0.1, 0.15) is 27.5 Å². The van der Waals surface area contributed by atoms with E-state index in [2.05, 4.69) is 15.4 Å². The lowest BCUT2D eigenvalue weighted by Gasteiger charge is -2.18. The third-order valence-corrected chi connectivity index (χ3v) is 4.77. The number of carbonyl (C=O) groups is 1. The molecule has 5 heteroatoms. The number of para-hydroxylation sites is 1. The number of hydrogen-bond acceptors (Lipinski definition) is 3. The third kappa shape index (κ3) is 3.68. The van der Waals surface area contributed by atoms with Gasteiger partial charge >= 0.3 is 0 Å². The second kappa shape index (κ2) is 7.60. The van der Waals surface area contributed by atoms with Crippen LogP contribution in [0.15, 0.2) is 73.2 Å². The van der Waals surface area contributed by atoms with Crippen LogP contribution in [0.2, 0.25) is 0 Å². The van der Waals surface area contributed by atoms with Crippen molar-refractivity contribution in [3.63, 3.8) is 0 Å². The molecule has 4 aromatic rings. The molecule has 0 saturated heterocycles. The topological polar surface area (TPSA) is 62.7 Å². The summed E-state index contributed by atoms with van der Waals surface area (Å²) in [5, 5.41) is 8.60. The van der Waals surface area contributed by atoms with Gasteiger partial charge < -0.3 is 10.3 Å². The molecular formula is C22H22N4O. The summed E-state index contributed by atoms with van der Waals surface area (Å²) in [6.07, 6.45) is 6.49. The largest absolute Gasteiger partial charge is 0.360 e. The molecule has 0 amide bonds. The third-order valence-electron chi connectivity index (χ3n) is 4.77. The summed E-state index contributed by atoms with van der Waals surface area (Å²) >= 11 is 0. The number of hydrogen-bond donors (Lipinski definition) is 2. The molecule has 4 rings (SSSR count). The Labute approximate surface area is 158 Å². The average molecular weight is 358 g/mol. The van der Waals surface area contributed by atoms with E-state index in [1.807, 2.05) is 80.2 Å². The maximum absolute atomic E-state index is 13.4. The molecule has 2 aromatic heterocycles. The maximum atomic E-state index is 13.4. The monoisotopic (exact) mass is 358 g/mol. The zero-order valence-corrected chi connectivity index (χ0v) is 15.2. The van der Waals surface area contributed by atoms with Crippen LogP contribution in [0.3, 0.4) is 0 Å². The van der Waals surface area contributed by atoms with Gasteiger partial charge in [-0.15, -0.1) is 0 Å². The van der Waals surface area contributed by atoms with E-state index in [1.165, 1.54) is 0 Å². The summed E-state index contributed by atoms with van der Waals surface area (Å²) in [6.45, 7) is 0.694. The zero-order chi connectivity index (χ0) is 18.6. The number of benzene rings is 2. The fraction of sp³-hybridized carbons (Fsp3) is 0.182. The van der Waals surface area contributed by atoms with Crippen LogP contribution in [-0.4, -0.2) is 27.1 Å². The molecule has 0 aliphatic carbocycles. The first-order chi connectivity index (χ1) is 13.2. The van der Waals surface area contributed by atoms with Gasteiger partial charge in [-0.3, -0.25) is 9.48 Å².